The first-order valence-corrected chi connectivity index (χ1v) is 9.60. The summed E-state index contributed by atoms with van der Waals surface area (Å²) in [4.78, 5) is 15.4. The third-order valence-corrected chi connectivity index (χ3v) is 4.69. The normalized spacial score (nSPS) is 11.1. The number of hydrogen-bond acceptors (Lipinski definition) is 3. The molecule has 1 heterocycles. The van der Waals surface area contributed by atoms with E-state index in [-0.39, 0.29) is 29.7 Å². The number of carbonyl (C=O) groups excluding carboxylic acids is 1. The number of guanidine groups is 1. The quantitative estimate of drug-likeness (QED) is 0.240. The molecule has 2 aromatic carbocycles. The number of nitrogens with zero attached hydrogens (tertiary/aromatic N) is 1. The topological polar surface area (TPSA) is 92.6 Å². The molecule has 30 heavy (non-hydrogen) atoms. The highest BCUT2D eigenvalue weighted by Gasteiger charge is 2.14. The number of rotatable bonds is 8. The Kier molecular flexibility index (Phi) is 9.40. The lowest BCUT2D eigenvalue weighted by Gasteiger charge is -2.19. The van der Waals surface area contributed by atoms with E-state index in [2.05, 4.69) is 64.2 Å². The molecule has 0 spiro atoms. The Morgan fingerprint density at radius 2 is 1.57 bits per heavy atom. The van der Waals surface area contributed by atoms with Gasteiger partial charge in [0.05, 0.1) is 6.54 Å². The molecule has 0 aliphatic carbocycles. The van der Waals surface area contributed by atoms with Crippen molar-refractivity contribution < 1.29 is 9.21 Å². The summed E-state index contributed by atoms with van der Waals surface area (Å²) in [6.45, 7) is 1.16. The fraction of sp³-hybridized carbons (Fsp3) is 0.217. The summed E-state index contributed by atoms with van der Waals surface area (Å²) in [5.41, 5.74) is 7.79. The number of amides is 1. The summed E-state index contributed by atoms with van der Waals surface area (Å²) in [6, 6.07) is 24.3. The van der Waals surface area contributed by atoms with E-state index >= 15 is 0 Å². The maximum atomic E-state index is 11.1. The van der Waals surface area contributed by atoms with Crippen molar-refractivity contribution in [3.8, 4) is 0 Å². The van der Waals surface area contributed by atoms with Crippen molar-refractivity contribution in [2.24, 2.45) is 10.7 Å². The van der Waals surface area contributed by atoms with Crippen molar-refractivity contribution in [1.82, 2.24) is 10.6 Å². The smallest absolute Gasteiger partial charge is 0.284 e. The van der Waals surface area contributed by atoms with Crippen molar-refractivity contribution >= 4 is 35.8 Å². The van der Waals surface area contributed by atoms with Crippen molar-refractivity contribution in [3.05, 3.63) is 95.4 Å². The van der Waals surface area contributed by atoms with Crippen LogP contribution in [-0.4, -0.2) is 25.5 Å². The Morgan fingerprint density at radius 3 is 2.07 bits per heavy atom. The summed E-state index contributed by atoms with van der Waals surface area (Å²) in [5.74, 6) is 1.16. The van der Waals surface area contributed by atoms with Gasteiger partial charge in [0.1, 0.15) is 5.76 Å². The van der Waals surface area contributed by atoms with Gasteiger partial charge in [0.2, 0.25) is 0 Å². The van der Waals surface area contributed by atoms with Gasteiger partial charge >= 0.3 is 0 Å². The molecule has 3 aromatic rings. The number of benzene rings is 2. The second-order valence-corrected chi connectivity index (χ2v) is 6.65. The molecule has 0 fully saturated rings. The number of aliphatic imine (C=N–C) groups is 1. The van der Waals surface area contributed by atoms with Crippen LogP contribution in [-0.2, 0) is 6.54 Å². The molecule has 0 radical (unpaired) electrons. The van der Waals surface area contributed by atoms with Crippen molar-refractivity contribution in [2.75, 3.05) is 13.6 Å². The molecular weight excluding hydrogens is 491 g/mol. The second-order valence-electron chi connectivity index (χ2n) is 6.65. The molecule has 4 N–H and O–H groups in total. The molecule has 3 rings (SSSR count). The lowest BCUT2D eigenvalue weighted by molar-refractivity contribution is 0.0972. The average molecular weight is 518 g/mol. The first-order chi connectivity index (χ1) is 14.2. The maximum absolute atomic E-state index is 11.1. The number of furan rings is 1. The molecule has 7 heteroatoms. The zero-order valence-corrected chi connectivity index (χ0v) is 19.2. The Balaban J connectivity index is 0.00000320. The highest BCUT2D eigenvalue weighted by atomic mass is 127. The van der Waals surface area contributed by atoms with Gasteiger partial charge in [-0.05, 0) is 29.7 Å². The van der Waals surface area contributed by atoms with Crippen LogP contribution < -0.4 is 16.4 Å². The Labute approximate surface area is 194 Å². The highest BCUT2D eigenvalue weighted by molar-refractivity contribution is 14.0. The van der Waals surface area contributed by atoms with E-state index in [0.29, 0.717) is 24.2 Å². The lowest BCUT2D eigenvalue weighted by atomic mass is 9.88. The van der Waals surface area contributed by atoms with Crippen LogP contribution in [0, 0.1) is 0 Å². The van der Waals surface area contributed by atoms with Crippen LogP contribution in [0.1, 0.15) is 39.8 Å². The first-order valence-electron chi connectivity index (χ1n) is 9.60. The first kappa shape index (κ1) is 23.5. The Hall–Kier alpha value is -2.81. The van der Waals surface area contributed by atoms with E-state index in [4.69, 9.17) is 10.2 Å². The van der Waals surface area contributed by atoms with Crippen LogP contribution in [0.25, 0.3) is 0 Å². The van der Waals surface area contributed by atoms with Gasteiger partial charge in [-0.15, -0.1) is 24.0 Å². The summed E-state index contributed by atoms with van der Waals surface area (Å²) >= 11 is 0. The third kappa shape index (κ3) is 6.62. The molecule has 1 aromatic heterocycles. The summed E-state index contributed by atoms with van der Waals surface area (Å²) < 4.78 is 5.38. The molecule has 0 saturated heterocycles. The Morgan fingerprint density at radius 1 is 0.967 bits per heavy atom. The number of primary amides is 1. The van der Waals surface area contributed by atoms with E-state index in [1.54, 1.807) is 19.2 Å². The summed E-state index contributed by atoms with van der Waals surface area (Å²) in [5, 5.41) is 6.53. The summed E-state index contributed by atoms with van der Waals surface area (Å²) in [7, 11) is 1.72. The van der Waals surface area contributed by atoms with E-state index < -0.39 is 5.91 Å². The summed E-state index contributed by atoms with van der Waals surface area (Å²) in [6.07, 6.45) is 0.918. The van der Waals surface area contributed by atoms with Gasteiger partial charge in [0, 0.05) is 19.5 Å². The predicted octanol–water partition coefficient (Wildman–Crippen LogP) is 3.88. The van der Waals surface area contributed by atoms with Crippen LogP contribution in [0.15, 0.2) is 82.2 Å². The van der Waals surface area contributed by atoms with Gasteiger partial charge in [-0.1, -0.05) is 60.7 Å². The van der Waals surface area contributed by atoms with Gasteiger partial charge < -0.3 is 20.8 Å². The molecule has 0 aliphatic heterocycles. The van der Waals surface area contributed by atoms with E-state index in [1.165, 1.54) is 11.1 Å². The average Bonchev–Trinajstić information content (AvgIpc) is 3.24. The number of nitrogens with one attached hydrogen (secondary N) is 2. The van der Waals surface area contributed by atoms with Crippen molar-refractivity contribution in [3.63, 3.8) is 0 Å². The Bertz CT molecular complexity index is 903. The number of nitrogens with two attached hydrogens (primary N) is 1. The van der Waals surface area contributed by atoms with Crippen LogP contribution in [0.4, 0.5) is 0 Å². The zero-order chi connectivity index (χ0) is 20.5. The SMILES string of the molecule is CN=C(NCCC(c1ccccc1)c1ccccc1)NCc1ccc(C(N)=O)o1.I. The molecule has 6 nitrogen and oxygen atoms in total. The lowest BCUT2D eigenvalue weighted by Crippen LogP contribution is -2.37. The minimum atomic E-state index is -0.577. The van der Waals surface area contributed by atoms with Gasteiger partial charge in [0.15, 0.2) is 11.7 Å². The number of hydrogen-bond donors (Lipinski definition) is 3. The van der Waals surface area contributed by atoms with Gasteiger partial charge in [-0.3, -0.25) is 9.79 Å². The van der Waals surface area contributed by atoms with E-state index in [9.17, 15) is 4.79 Å². The standard InChI is InChI=1S/C23H26N4O2.HI/c1-25-23(27-16-19-12-13-21(29-19)22(24)28)26-15-14-20(17-8-4-2-5-9-17)18-10-6-3-7-11-18;/h2-13,20H,14-16H2,1H3,(H2,24,28)(H2,25,26,27);1H. The number of halogens is 1. The van der Waals surface area contributed by atoms with Gasteiger partial charge in [0.25, 0.3) is 5.91 Å². The third-order valence-electron chi connectivity index (χ3n) is 4.69. The maximum Gasteiger partial charge on any atom is 0.284 e. The van der Waals surface area contributed by atoms with Crippen molar-refractivity contribution in [1.29, 1.82) is 0 Å². The van der Waals surface area contributed by atoms with E-state index in [1.807, 2.05) is 12.1 Å². The van der Waals surface area contributed by atoms with Crippen LogP contribution >= 0.6 is 24.0 Å². The fourth-order valence-corrected chi connectivity index (χ4v) is 3.23. The molecule has 0 aliphatic rings. The van der Waals surface area contributed by atoms with Crippen LogP contribution in [0.2, 0.25) is 0 Å². The van der Waals surface area contributed by atoms with Crippen molar-refractivity contribution in [2.45, 2.75) is 18.9 Å². The minimum Gasteiger partial charge on any atom is -0.454 e. The monoisotopic (exact) mass is 518 g/mol. The molecule has 0 bridgehead atoms. The molecule has 1 amide bonds. The molecule has 0 atom stereocenters. The molecular formula is C23H27IN4O2. The predicted molar refractivity (Wildman–Crippen MR) is 130 cm³/mol. The zero-order valence-electron chi connectivity index (χ0n) is 16.9. The molecule has 0 unspecified atom stereocenters. The fourth-order valence-electron chi connectivity index (χ4n) is 3.23. The molecule has 0 saturated carbocycles. The number of carbonyl (C=O) groups is 1. The second kappa shape index (κ2) is 12.0. The largest absolute Gasteiger partial charge is 0.454 e. The highest BCUT2D eigenvalue weighted by Crippen LogP contribution is 2.27. The van der Waals surface area contributed by atoms with Crippen LogP contribution in [0.3, 0.4) is 0 Å². The minimum absolute atomic E-state index is 0. The van der Waals surface area contributed by atoms with E-state index in [0.717, 1.165) is 13.0 Å². The molecule has 158 valence electrons. The van der Waals surface area contributed by atoms with Gasteiger partial charge in [-0.25, -0.2) is 0 Å². The van der Waals surface area contributed by atoms with Gasteiger partial charge in [-0.2, -0.15) is 0 Å². The van der Waals surface area contributed by atoms with Crippen LogP contribution in [0.5, 0.6) is 0 Å².